The van der Waals surface area contributed by atoms with E-state index in [0.29, 0.717) is 5.92 Å². The summed E-state index contributed by atoms with van der Waals surface area (Å²) < 4.78 is 0. The molecule has 0 amide bonds. The van der Waals surface area contributed by atoms with Gasteiger partial charge in [0.25, 0.3) is 0 Å². The number of nitrogens with zero attached hydrogens (tertiary/aromatic N) is 2. The molecule has 0 saturated carbocycles. The third-order valence-corrected chi connectivity index (χ3v) is 4.09. The van der Waals surface area contributed by atoms with E-state index < -0.39 is 0 Å². The minimum Gasteiger partial charge on any atom is -0.357 e. The second-order valence-electron chi connectivity index (χ2n) is 6.38. The van der Waals surface area contributed by atoms with Crippen molar-refractivity contribution in [3.8, 4) is 0 Å². The van der Waals surface area contributed by atoms with Crippen molar-refractivity contribution in [3.05, 3.63) is 35.9 Å². The zero-order valence-corrected chi connectivity index (χ0v) is 13.1. The molecule has 1 aliphatic heterocycles. The molecule has 0 bridgehead atoms. The molecule has 0 atom stereocenters. The van der Waals surface area contributed by atoms with Crippen LogP contribution in [0.1, 0.15) is 32.3 Å². The molecule has 3 rings (SSSR count). The first-order valence-corrected chi connectivity index (χ1v) is 8.08. The Morgan fingerprint density at radius 2 is 1.95 bits per heavy atom. The lowest BCUT2D eigenvalue weighted by molar-refractivity contribution is 0.553. The van der Waals surface area contributed by atoms with Gasteiger partial charge in [0.1, 0.15) is 5.82 Å². The third kappa shape index (κ3) is 3.35. The van der Waals surface area contributed by atoms with Gasteiger partial charge < -0.3 is 10.2 Å². The molecular formula is C18H25N3. The Hall–Kier alpha value is -1.61. The van der Waals surface area contributed by atoms with Crippen LogP contribution in [-0.4, -0.2) is 24.6 Å². The highest BCUT2D eigenvalue weighted by Crippen LogP contribution is 2.25. The summed E-state index contributed by atoms with van der Waals surface area (Å²) in [4.78, 5) is 7.27. The summed E-state index contributed by atoms with van der Waals surface area (Å²) in [5, 5.41) is 4.84. The van der Waals surface area contributed by atoms with Crippen molar-refractivity contribution in [3.63, 3.8) is 0 Å². The molecule has 1 saturated heterocycles. The SMILES string of the molecule is CC(C)CNCc1cc(N2CCCC2)nc2ccccc12. The van der Waals surface area contributed by atoms with Gasteiger partial charge in [-0.05, 0) is 43.0 Å². The van der Waals surface area contributed by atoms with Crippen LogP contribution in [0.25, 0.3) is 10.9 Å². The number of aromatic nitrogens is 1. The van der Waals surface area contributed by atoms with Crippen molar-refractivity contribution in [1.29, 1.82) is 0 Å². The van der Waals surface area contributed by atoms with Crippen LogP contribution in [0.3, 0.4) is 0 Å². The van der Waals surface area contributed by atoms with Gasteiger partial charge in [0.05, 0.1) is 5.52 Å². The largest absolute Gasteiger partial charge is 0.357 e. The van der Waals surface area contributed by atoms with Gasteiger partial charge in [-0.3, -0.25) is 0 Å². The van der Waals surface area contributed by atoms with Crippen LogP contribution >= 0.6 is 0 Å². The van der Waals surface area contributed by atoms with E-state index in [9.17, 15) is 0 Å². The Bertz CT molecular complexity index is 600. The van der Waals surface area contributed by atoms with Gasteiger partial charge in [-0.25, -0.2) is 4.98 Å². The first-order chi connectivity index (χ1) is 10.2. The van der Waals surface area contributed by atoms with Crippen LogP contribution in [0.15, 0.2) is 30.3 Å². The Kier molecular flexibility index (Phi) is 4.39. The fraction of sp³-hybridized carbons (Fsp3) is 0.500. The summed E-state index contributed by atoms with van der Waals surface area (Å²) in [5.74, 6) is 1.82. The van der Waals surface area contributed by atoms with Crippen molar-refractivity contribution in [2.24, 2.45) is 5.92 Å². The minimum atomic E-state index is 0.677. The fourth-order valence-corrected chi connectivity index (χ4v) is 2.98. The number of benzene rings is 1. The Morgan fingerprint density at radius 3 is 2.71 bits per heavy atom. The average molecular weight is 283 g/mol. The zero-order chi connectivity index (χ0) is 14.7. The lowest BCUT2D eigenvalue weighted by atomic mass is 10.1. The van der Waals surface area contributed by atoms with Gasteiger partial charge in [-0.2, -0.15) is 0 Å². The second-order valence-corrected chi connectivity index (χ2v) is 6.38. The summed E-state index contributed by atoms with van der Waals surface area (Å²) in [7, 11) is 0. The van der Waals surface area contributed by atoms with Gasteiger partial charge in [0.15, 0.2) is 0 Å². The minimum absolute atomic E-state index is 0.677. The van der Waals surface area contributed by atoms with E-state index in [4.69, 9.17) is 4.98 Å². The first kappa shape index (κ1) is 14.3. The van der Waals surface area contributed by atoms with E-state index in [1.165, 1.54) is 23.8 Å². The van der Waals surface area contributed by atoms with Gasteiger partial charge in [0, 0.05) is 25.0 Å². The summed E-state index contributed by atoms with van der Waals surface area (Å²) in [6, 6.07) is 10.8. The number of hydrogen-bond acceptors (Lipinski definition) is 3. The topological polar surface area (TPSA) is 28.2 Å². The predicted octanol–water partition coefficient (Wildman–Crippen LogP) is 3.58. The predicted molar refractivity (Wildman–Crippen MR) is 89.7 cm³/mol. The third-order valence-electron chi connectivity index (χ3n) is 4.09. The highest BCUT2D eigenvalue weighted by atomic mass is 15.2. The van der Waals surface area contributed by atoms with Crippen LogP contribution in [0.2, 0.25) is 0 Å². The number of para-hydroxylation sites is 1. The standard InChI is InChI=1S/C18H25N3/c1-14(2)12-19-13-15-11-18(21-9-5-6-10-21)20-17-8-4-3-7-16(15)17/h3-4,7-8,11,14,19H,5-6,9-10,12-13H2,1-2H3. The molecule has 3 nitrogen and oxygen atoms in total. The molecule has 1 fully saturated rings. The summed E-state index contributed by atoms with van der Waals surface area (Å²) >= 11 is 0. The average Bonchev–Trinajstić information content (AvgIpc) is 3.01. The van der Waals surface area contributed by atoms with E-state index in [0.717, 1.165) is 37.5 Å². The van der Waals surface area contributed by atoms with Gasteiger partial charge in [-0.1, -0.05) is 32.0 Å². The molecule has 1 aliphatic rings. The summed E-state index contributed by atoms with van der Waals surface area (Å²) in [5.41, 5.74) is 2.48. The normalized spacial score (nSPS) is 15.3. The smallest absolute Gasteiger partial charge is 0.129 e. The number of anilines is 1. The molecule has 0 aliphatic carbocycles. The Balaban J connectivity index is 1.91. The molecule has 1 aromatic heterocycles. The zero-order valence-electron chi connectivity index (χ0n) is 13.1. The molecule has 1 N–H and O–H groups in total. The second kappa shape index (κ2) is 6.44. The van der Waals surface area contributed by atoms with Crippen LogP contribution in [-0.2, 0) is 6.54 Å². The number of nitrogens with one attached hydrogen (secondary N) is 1. The maximum absolute atomic E-state index is 4.86. The Labute approximate surface area is 127 Å². The van der Waals surface area contributed by atoms with Crippen molar-refractivity contribution in [2.75, 3.05) is 24.5 Å². The van der Waals surface area contributed by atoms with E-state index >= 15 is 0 Å². The molecule has 0 unspecified atom stereocenters. The highest BCUT2D eigenvalue weighted by Gasteiger charge is 2.15. The van der Waals surface area contributed by atoms with Crippen LogP contribution < -0.4 is 10.2 Å². The van der Waals surface area contributed by atoms with Crippen LogP contribution in [0.5, 0.6) is 0 Å². The van der Waals surface area contributed by atoms with Crippen molar-refractivity contribution < 1.29 is 0 Å². The molecular weight excluding hydrogens is 258 g/mol. The molecule has 3 heteroatoms. The number of rotatable bonds is 5. The van der Waals surface area contributed by atoms with Crippen LogP contribution in [0.4, 0.5) is 5.82 Å². The van der Waals surface area contributed by atoms with Gasteiger partial charge in [-0.15, -0.1) is 0 Å². The number of pyridine rings is 1. The maximum Gasteiger partial charge on any atom is 0.129 e. The first-order valence-electron chi connectivity index (χ1n) is 8.08. The molecule has 2 aromatic rings. The number of fused-ring (bicyclic) bond motifs is 1. The summed E-state index contributed by atoms with van der Waals surface area (Å²) in [6.07, 6.45) is 2.57. The fourth-order valence-electron chi connectivity index (χ4n) is 2.98. The van der Waals surface area contributed by atoms with E-state index in [2.05, 4.69) is 54.4 Å². The monoisotopic (exact) mass is 283 g/mol. The summed E-state index contributed by atoms with van der Waals surface area (Å²) in [6.45, 7) is 8.74. The van der Waals surface area contributed by atoms with E-state index in [1.807, 2.05) is 0 Å². The van der Waals surface area contributed by atoms with E-state index in [1.54, 1.807) is 0 Å². The number of hydrogen-bond donors (Lipinski definition) is 1. The highest BCUT2D eigenvalue weighted by molar-refractivity contribution is 5.84. The quantitative estimate of drug-likeness (QED) is 0.909. The molecule has 2 heterocycles. The molecule has 1 aromatic carbocycles. The molecule has 0 radical (unpaired) electrons. The molecule has 21 heavy (non-hydrogen) atoms. The molecule has 0 spiro atoms. The van der Waals surface area contributed by atoms with Gasteiger partial charge >= 0.3 is 0 Å². The maximum atomic E-state index is 4.86. The van der Waals surface area contributed by atoms with Crippen molar-refractivity contribution in [1.82, 2.24) is 10.3 Å². The van der Waals surface area contributed by atoms with Crippen LogP contribution in [0, 0.1) is 5.92 Å². The molecule has 112 valence electrons. The lowest BCUT2D eigenvalue weighted by Gasteiger charge is -2.19. The Morgan fingerprint density at radius 1 is 1.19 bits per heavy atom. The van der Waals surface area contributed by atoms with Crippen molar-refractivity contribution >= 4 is 16.7 Å². The van der Waals surface area contributed by atoms with E-state index in [-0.39, 0.29) is 0 Å². The van der Waals surface area contributed by atoms with Crippen molar-refractivity contribution in [2.45, 2.75) is 33.2 Å². The van der Waals surface area contributed by atoms with Gasteiger partial charge in [0.2, 0.25) is 0 Å². The lowest BCUT2D eigenvalue weighted by Crippen LogP contribution is -2.21.